The lowest BCUT2D eigenvalue weighted by Gasteiger charge is -2.13. The molecular weight excluding hydrogens is 316 g/mol. The molecule has 6 heteroatoms. The topological polar surface area (TPSA) is 58.6 Å². The number of rotatable bonds is 2. The van der Waals surface area contributed by atoms with Gasteiger partial charge in [0.05, 0.1) is 12.1 Å². The SMILES string of the molecule is CN1CCOc2ccc(NC(=O)c3ccc(Cl)cc3)cc2C1=O. The van der Waals surface area contributed by atoms with Gasteiger partial charge in [-0.1, -0.05) is 11.6 Å². The first-order valence-electron chi connectivity index (χ1n) is 7.14. The fraction of sp³-hybridized carbons (Fsp3) is 0.176. The molecular formula is C17H15ClN2O3. The van der Waals surface area contributed by atoms with Crippen LogP contribution in [0.1, 0.15) is 20.7 Å². The highest BCUT2D eigenvalue weighted by Crippen LogP contribution is 2.26. The number of benzene rings is 2. The van der Waals surface area contributed by atoms with Crippen LogP contribution in [0.25, 0.3) is 0 Å². The van der Waals surface area contributed by atoms with E-state index < -0.39 is 0 Å². The van der Waals surface area contributed by atoms with E-state index in [0.717, 1.165) is 0 Å². The van der Waals surface area contributed by atoms with Gasteiger partial charge in [0.25, 0.3) is 11.8 Å². The summed E-state index contributed by atoms with van der Waals surface area (Å²) in [5.41, 5.74) is 1.47. The molecule has 2 aromatic rings. The number of ether oxygens (including phenoxy) is 1. The van der Waals surface area contributed by atoms with Crippen LogP contribution in [0.2, 0.25) is 5.02 Å². The molecule has 0 atom stereocenters. The molecule has 118 valence electrons. The number of halogens is 1. The van der Waals surface area contributed by atoms with Crippen molar-refractivity contribution < 1.29 is 14.3 Å². The molecule has 0 saturated heterocycles. The zero-order valence-electron chi connectivity index (χ0n) is 12.5. The third kappa shape index (κ3) is 3.29. The molecule has 2 amide bonds. The summed E-state index contributed by atoms with van der Waals surface area (Å²) < 4.78 is 5.56. The van der Waals surface area contributed by atoms with Crippen molar-refractivity contribution in [2.45, 2.75) is 0 Å². The highest BCUT2D eigenvalue weighted by molar-refractivity contribution is 6.30. The number of nitrogens with one attached hydrogen (secondary N) is 1. The summed E-state index contributed by atoms with van der Waals surface area (Å²) >= 11 is 5.81. The van der Waals surface area contributed by atoms with E-state index in [0.29, 0.717) is 40.7 Å². The van der Waals surface area contributed by atoms with Crippen LogP contribution in [-0.2, 0) is 0 Å². The number of hydrogen-bond donors (Lipinski definition) is 1. The zero-order chi connectivity index (χ0) is 16.4. The minimum Gasteiger partial charge on any atom is -0.491 e. The van der Waals surface area contributed by atoms with E-state index in [4.69, 9.17) is 16.3 Å². The average Bonchev–Trinajstić information content (AvgIpc) is 2.68. The number of carbonyl (C=O) groups excluding carboxylic acids is 2. The number of nitrogens with zero attached hydrogens (tertiary/aromatic N) is 1. The van der Waals surface area contributed by atoms with Gasteiger partial charge in [0.15, 0.2) is 0 Å². The second kappa shape index (κ2) is 6.30. The van der Waals surface area contributed by atoms with Crippen molar-refractivity contribution in [3.63, 3.8) is 0 Å². The van der Waals surface area contributed by atoms with Crippen LogP contribution < -0.4 is 10.1 Å². The third-order valence-corrected chi connectivity index (χ3v) is 3.86. The first-order valence-corrected chi connectivity index (χ1v) is 7.51. The monoisotopic (exact) mass is 330 g/mol. The Morgan fingerprint density at radius 3 is 2.70 bits per heavy atom. The van der Waals surface area contributed by atoms with Crippen molar-refractivity contribution >= 4 is 29.1 Å². The largest absolute Gasteiger partial charge is 0.491 e. The lowest BCUT2D eigenvalue weighted by atomic mass is 10.1. The molecule has 0 unspecified atom stereocenters. The van der Waals surface area contributed by atoms with E-state index in [2.05, 4.69) is 5.32 Å². The fourth-order valence-corrected chi connectivity index (χ4v) is 2.43. The van der Waals surface area contributed by atoms with Crippen molar-refractivity contribution in [2.24, 2.45) is 0 Å². The molecule has 0 fully saturated rings. The number of carbonyl (C=O) groups is 2. The molecule has 0 saturated carbocycles. The lowest BCUT2D eigenvalue weighted by Crippen LogP contribution is -2.27. The van der Waals surface area contributed by atoms with E-state index in [1.54, 1.807) is 54.4 Å². The number of amides is 2. The van der Waals surface area contributed by atoms with E-state index >= 15 is 0 Å². The molecule has 0 radical (unpaired) electrons. The van der Waals surface area contributed by atoms with Crippen molar-refractivity contribution in [1.82, 2.24) is 4.90 Å². The lowest BCUT2D eigenvalue weighted by molar-refractivity contribution is 0.0796. The molecule has 1 heterocycles. The van der Waals surface area contributed by atoms with Crippen LogP contribution in [0, 0.1) is 0 Å². The van der Waals surface area contributed by atoms with Crippen LogP contribution in [0.3, 0.4) is 0 Å². The minimum absolute atomic E-state index is 0.125. The van der Waals surface area contributed by atoms with Crippen molar-refractivity contribution in [3.8, 4) is 5.75 Å². The van der Waals surface area contributed by atoms with Gasteiger partial charge >= 0.3 is 0 Å². The Labute approximate surface area is 138 Å². The maximum atomic E-state index is 12.3. The van der Waals surface area contributed by atoms with Gasteiger partial charge in [0, 0.05) is 23.3 Å². The van der Waals surface area contributed by atoms with Gasteiger partial charge in [-0.25, -0.2) is 0 Å². The second-order valence-electron chi connectivity index (χ2n) is 5.25. The maximum absolute atomic E-state index is 12.3. The van der Waals surface area contributed by atoms with Crippen LogP contribution in [0.15, 0.2) is 42.5 Å². The Bertz CT molecular complexity index is 759. The van der Waals surface area contributed by atoms with Gasteiger partial charge in [0.2, 0.25) is 0 Å². The number of likely N-dealkylation sites (N-methyl/N-ethyl adjacent to an activating group) is 1. The van der Waals surface area contributed by atoms with Gasteiger partial charge in [-0.2, -0.15) is 0 Å². The number of hydrogen-bond acceptors (Lipinski definition) is 3. The summed E-state index contributed by atoms with van der Waals surface area (Å²) in [7, 11) is 1.72. The summed E-state index contributed by atoms with van der Waals surface area (Å²) in [6.07, 6.45) is 0. The summed E-state index contributed by atoms with van der Waals surface area (Å²) in [6.45, 7) is 0.978. The summed E-state index contributed by atoms with van der Waals surface area (Å²) in [6, 6.07) is 11.6. The fourth-order valence-electron chi connectivity index (χ4n) is 2.30. The molecule has 0 bridgehead atoms. The van der Waals surface area contributed by atoms with Gasteiger partial charge in [-0.3, -0.25) is 9.59 Å². The molecule has 1 aliphatic rings. The van der Waals surface area contributed by atoms with Gasteiger partial charge in [-0.05, 0) is 42.5 Å². The molecule has 0 spiro atoms. The van der Waals surface area contributed by atoms with Crippen molar-refractivity contribution in [1.29, 1.82) is 0 Å². The van der Waals surface area contributed by atoms with Crippen molar-refractivity contribution in [2.75, 3.05) is 25.5 Å². The zero-order valence-corrected chi connectivity index (χ0v) is 13.3. The predicted octanol–water partition coefficient (Wildman–Crippen LogP) is 3.06. The molecule has 0 aromatic heterocycles. The smallest absolute Gasteiger partial charge is 0.257 e. The highest BCUT2D eigenvalue weighted by atomic mass is 35.5. The van der Waals surface area contributed by atoms with Crippen molar-refractivity contribution in [3.05, 3.63) is 58.6 Å². The summed E-state index contributed by atoms with van der Waals surface area (Å²) in [5, 5.41) is 3.34. The Kier molecular flexibility index (Phi) is 4.21. The second-order valence-corrected chi connectivity index (χ2v) is 5.68. The highest BCUT2D eigenvalue weighted by Gasteiger charge is 2.21. The summed E-state index contributed by atoms with van der Waals surface area (Å²) in [5.74, 6) is 0.140. The van der Waals surface area contributed by atoms with Gasteiger partial charge in [0.1, 0.15) is 12.4 Å². The van der Waals surface area contributed by atoms with Crippen LogP contribution in [0.5, 0.6) is 5.75 Å². The molecule has 2 aromatic carbocycles. The molecule has 5 nitrogen and oxygen atoms in total. The van der Waals surface area contributed by atoms with Crippen LogP contribution >= 0.6 is 11.6 Å². The minimum atomic E-state index is -0.267. The predicted molar refractivity (Wildman–Crippen MR) is 88.3 cm³/mol. The molecule has 1 aliphatic heterocycles. The van der Waals surface area contributed by atoms with Crippen LogP contribution in [-0.4, -0.2) is 36.9 Å². The van der Waals surface area contributed by atoms with Crippen LogP contribution in [0.4, 0.5) is 5.69 Å². The van der Waals surface area contributed by atoms with E-state index in [9.17, 15) is 9.59 Å². The quantitative estimate of drug-likeness (QED) is 0.920. The van der Waals surface area contributed by atoms with Gasteiger partial charge in [-0.15, -0.1) is 0 Å². The van der Waals surface area contributed by atoms with E-state index in [1.165, 1.54) is 0 Å². The Balaban J connectivity index is 1.84. The standard InChI is InChI=1S/C17H15ClN2O3/c1-20-8-9-23-15-7-6-13(10-14(15)17(20)22)19-16(21)11-2-4-12(18)5-3-11/h2-7,10H,8-9H2,1H3,(H,19,21). The average molecular weight is 331 g/mol. The molecule has 23 heavy (non-hydrogen) atoms. The Morgan fingerprint density at radius 1 is 1.22 bits per heavy atom. The first-order chi connectivity index (χ1) is 11.0. The summed E-state index contributed by atoms with van der Waals surface area (Å²) in [4.78, 5) is 26.1. The first kappa shape index (κ1) is 15.4. The van der Waals surface area contributed by atoms with E-state index in [1.807, 2.05) is 0 Å². The molecule has 1 N–H and O–H groups in total. The molecule has 0 aliphatic carbocycles. The number of anilines is 1. The Hall–Kier alpha value is -2.53. The Morgan fingerprint density at radius 2 is 1.96 bits per heavy atom. The van der Waals surface area contributed by atoms with E-state index in [-0.39, 0.29) is 11.8 Å². The third-order valence-electron chi connectivity index (χ3n) is 3.61. The number of fused-ring (bicyclic) bond motifs is 1. The molecule has 3 rings (SSSR count). The maximum Gasteiger partial charge on any atom is 0.257 e. The normalized spacial score (nSPS) is 13.8. The van der Waals surface area contributed by atoms with Gasteiger partial charge < -0.3 is 15.0 Å².